The second kappa shape index (κ2) is 33.7. The lowest BCUT2D eigenvalue weighted by atomic mass is 9.87. The number of aliphatic hydroxyl groups excluding tert-OH is 1. The largest absolute Gasteiger partial charge is 0.508 e. The average Bonchev–Trinajstić information content (AvgIpc) is 0.757. The Bertz CT molecular complexity index is 4660. The Morgan fingerprint density at radius 2 is 1.14 bits per heavy atom. The number of carbonyl (C=O) groups is 8. The number of carbonyl (C=O) groups excluding carboxylic acids is 8. The minimum atomic E-state index is -2.19. The Morgan fingerprint density at radius 3 is 1.81 bits per heavy atom. The van der Waals surface area contributed by atoms with E-state index in [4.69, 9.17) is 48.9 Å². The minimum absolute atomic E-state index is 0.0143. The molecule has 33 heteroatoms. The maximum atomic E-state index is 16.1. The summed E-state index contributed by atoms with van der Waals surface area (Å²) >= 11 is 13.9. The molecular formula is C75H83Cl2N13O18. The van der Waals surface area contributed by atoms with E-state index >= 15 is 24.0 Å². The van der Waals surface area contributed by atoms with Crippen molar-refractivity contribution in [1.82, 2.24) is 57.7 Å². The van der Waals surface area contributed by atoms with Gasteiger partial charge in [-0.15, -0.1) is 0 Å². The molecule has 9 atom stereocenters. The van der Waals surface area contributed by atoms with E-state index in [9.17, 15) is 50.1 Å². The molecule has 17 bridgehead atoms. The van der Waals surface area contributed by atoms with Gasteiger partial charge >= 0.3 is 0 Å². The second-order valence-corrected chi connectivity index (χ2v) is 28.0. The zero-order valence-corrected chi connectivity index (χ0v) is 60.5. The second-order valence-electron chi connectivity index (χ2n) is 27.2. The monoisotopic (exact) mass is 1520 g/mol. The van der Waals surface area contributed by atoms with Crippen molar-refractivity contribution in [3.05, 3.63) is 164 Å². The summed E-state index contributed by atoms with van der Waals surface area (Å²) in [5.41, 5.74) is 10.9. The number of ether oxygens (including phenoxy) is 3. The maximum Gasteiger partial charge on any atom is 0.248 e. The molecule has 7 aromatic rings. The molecule has 0 radical (unpaired) electrons. The third-order valence-corrected chi connectivity index (χ3v) is 19.3. The molecule has 108 heavy (non-hydrogen) atoms. The van der Waals surface area contributed by atoms with Crippen LogP contribution < -0.4 is 73.5 Å². The Hall–Kier alpha value is -11.2. The molecule has 0 saturated carbocycles. The van der Waals surface area contributed by atoms with Gasteiger partial charge in [0.2, 0.25) is 53.0 Å². The summed E-state index contributed by atoms with van der Waals surface area (Å²) in [6.45, 7) is 1.71. The van der Waals surface area contributed by atoms with Crippen LogP contribution in [-0.4, -0.2) is 172 Å². The lowest BCUT2D eigenvalue weighted by Crippen LogP contribution is -2.56. The van der Waals surface area contributed by atoms with Crippen molar-refractivity contribution in [3.8, 4) is 80.1 Å². The van der Waals surface area contributed by atoms with Crippen molar-refractivity contribution < 1.29 is 88.3 Å². The quantitative estimate of drug-likeness (QED) is 0.0553. The fourth-order valence-corrected chi connectivity index (χ4v) is 13.4. The van der Waals surface area contributed by atoms with Gasteiger partial charge < -0.3 is 119 Å². The van der Waals surface area contributed by atoms with Gasteiger partial charge in [0.15, 0.2) is 23.0 Å². The van der Waals surface area contributed by atoms with Crippen molar-refractivity contribution in [2.75, 3.05) is 60.9 Å². The molecule has 31 nitrogen and oxygen atoms in total. The molecule has 20 N–H and O–H groups in total. The highest BCUT2D eigenvalue weighted by molar-refractivity contribution is 6.32. The SMILES string of the molecule is CN(C)CCCNC(=O)C(N)CCCCNCc1c(O)cc2c(c1O)-c1cc(ccc1O)[C@@H]1NC(=O)[C@H]3NC(=O)[C@H]4NC(=O)[C@H](Cc5ccc(c(Cl)c5)Oc5cc3cc(c5O)Oc3ccc(cc3Cl)C(O)[C@H](NC1=O)C(=O)N[C@@H]2C(=O)NCCCN(C)C)NC(=O)[C@H](N)c1ccc(O)c(c1)Oc1cc(O)cc4c1. The van der Waals surface area contributed by atoms with E-state index in [1.807, 2.05) is 38.0 Å². The first kappa shape index (κ1) is 77.9. The fourth-order valence-electron chi connectivity index (χ4n) is 12.9. The van der Waals surface area contributed by atoms with E-state index in [1.54, 1.807) is 0 Å². The van der Waals surface area contributed by atoms with Gasteiger partial charge in [-0.1, -0.05) is 53.9 Å². The van der Waals surface area contributed by atoms with Gasteiger partial charge in [0.05, 0.1) is 21.7 Å². The summed E-state index contributed by atoms with van der Waals surface area (Å²) in [5, 5.41) is 108. The fraction of sp³-hybridized carbons (Fsp3) is 0.333. The number of fused-ring (bicyclic) bond motifs is 14. The summed E-state index contributed by atoms with van der Waals surface area (Å²) in [7, 11) is 7.48. The number of nitrogens with zero attached hydrogens (tertiary/aromatic N) is 2. The standard InChI is InChI=1S/C75H83Cl2N13O18/c1-89(2)21-7-19-81-68(98)48(78)9-5-6-18-80-34-45-52(94)33-44-58(66(45)96)43-27-37(12-14-50(43)92)60-72(102)88-64(75(105)87-63(44)71(101)82-20-8-22-90(3)4)65(95)38-13-17-54(47(77)28-38)108-57-31-40-30-56(67(57)97)107-53-16-10-35(23-46(53)76)24-49-69(99)84-61(73(103)86-62(40)74(104)85-60)39-25-41(91)32-42(26-39)106-55-29-36(11-15-51(55)93)59(79)70(100)83-49/h10-17,23,25-33,48-49,59-65,80,91-97H,5-9,18-22,24,34,78-79H2,1-4H3,(H,81,98)(H,82,101)(H,83,100)(H,84,99)(H,85,104)(H,86,103)(H,87,105)(H,88,102)/t48?,49-,59+,60-,61-,62-,63-,64-,65?/m0/s1. The van der Waals surface area contributed by atoms with Crippen LogP contribution in [0.2, 0.25) is 10.0 Å². The third kappa shape index (κ3) is 17.9. The molecule has 8 amide bonds. The van der Waals surface area contributed by atoms with E-state index in [1.165, 1.54) is 72.8 Å². The highest BCUT2D eigenvalue weighted by atomic mass is 35.5. The number of aromatic hydroxyl groups is 6. The first-order valence-electron chi connectivity index (χ1n) is 34.6. The topological polar surface area (TPSA) is 473 Å². The van der Waals surface area contributed by atoms with Gasteiger partial charge in [-0.2, -0.15) is 0 Å². The Balaban J connectivity index is 1.06. The number of phenolic OH excluding ortho intramolecular Hbond substituents is 6. The lowest BCUT2D eigenvalue weighted by Gasteiger charge is -2.32. The highest BCUT2D eigenvalue weighted by Crippen LogP contribution is 2.49. The smallest absolute Gasteiger partial charge is 0.248 e. The molecule has 0 spiro atoms. The average molecular weight is 1530 g/mol. The normalized spacial score (nSPS) is 20.2. The van der Waals surface area contributed by atoms with Gasteiger partial charge in [-0.25, -0.2) is 0 Å². The number of benzene rings is 7. The number of aliphatic hydroxyl groups is 1. The minimum Gasteiger partial charge on any atom is -0.508 e. The molecule has 0 aromatic heterocycles. The number of nitrogens with two attached hydrogens (primary N) is 2. The van der Waals surface area contributed by atoms with Gasteiger partial charge in [0, 0.05) is 43.2 Å². The van der Waals surface area contributed by atoms with Crippen molar-refractivity contribution in [3.63, 3.8) is 0 Å². The van der Waals surface area contributed by atoms with Crippen LogP contribution in [-0.2, 0) is 51.3 Å². The van der Waals surface area contributed by atoms with Crippen molar-refractivity contribution in [1.29, 1.82) is 0 Å². The number of halogens is 2. The zero-order valence-electron chi connectivity index (χ0n) is 59.0. The number of amides is 8. The van der Waals surface area contributed by atoms with Crippen molar-refractivity contribution in [2.24, 2.45) is 11.5 Å². The number of hydrogen-bond acceptors (Lipinski definition) is 23. The first-order chi connectivity index (χ1) is 51.5. The number of rotatable bonds is 17. The van der Waals surface area contributed by atoms with Crippen LogP contribution in [0.15, 0.2) is 109 Å². The van der Waals surface area contributed by atoms with Gasteiger partial charge in [-0.3, -0.25) is 38.4 Å². The van der Waals surface area contributed by atoms with Crippen molar-refractivity contribution >= 4 is 70.5 Å². The summed E-state index contributed by atoms with van der Waals surface area (Å²) in [5.74, 6) is -14.0. The van der Waals surface area contributed by atoms with Crippen LogP contribution in [0.4, 0.5) is 0 Å². The molecular weight excluding hydrogens is 1440 g/mol. The van der Waals surface area contributed by atoms with Crippen LogP contribution in [0.3, 0.4) is 0 Å². The lowest BCUT2D eigenvalue weighted by molar-refractivity contribution is -0.137. The molecule has 13 rings (SSSR count). The third-order valence-electron chi connectivity index (χ3n) is 18.7. The van der Waals surface area contributed by atoms with E-state index in [2.05, 4.69) is 47.9 Å². The Morgan fingerprint density at radius 1 is 0.546 bits per heavy atom. The summed E-state index contributed by atoms with van der Waals surface area (Å²) in [6, 6.07) is 7.46. The predicted octanol–water partition coefficient (Wildman–Crippen LogP) is 4.62. The molecule has 6 heterocycles. The summed E-state index contributed by atoms with van der Waals surface area (Å²) in [4.78, 5) is 124. The maximum absolute atomic E-state index is 16.1. The van der Waals surface area contributed by atoms with E-state index in [0.717, 1.165) is 49.4 Å². The molecule has 0 fully saturated rings. The predicted molar refractivity (Wildman–Crippen MR) is 393 cm³/mol. The zero-order chi connectivity index (χ0) is 77.5. The molecule has 0 aliphatic carbocycles. The summed E-state index contributed by atoms with van der Waals surface area (Å²) in [6.07, 6.45) is -0.0804. The number of nitrogens with one attached hydrogen (secondary N) is 9. The van der Waals surface area contributed by atoms with E-state index < -0.39 is 142 Å². The van der Waals surface area contributed by atoms with Crippen LogP contribution in [0, 0.1) is 0 Å². The van der Waals surface area contributed by atoms with Crippen molar-refractivity contribution in [2.45, 2.75) is 99.5 Å². The molecule has 570 valence electrons. The number of hydrogen-bond donors (Lipinski definition) is 18. The highest BCUT2D eigenvalue weighted by Gasteiger charge is 2.42. The van der Waals surface area contributed by atoms with E-state index in [-0.39, 0.29) is 115 Å². The molecule has 6 aliphatic heterocycles. The summed E-state index contributed by atoms with van der Waals surface area (Å²) < 4.78 is 18.7. The molecule has 7 aromatic carbocycles. The van der Waals surface area contributed by atoms with Crippen LogP contribution in [0.1, 0.15) is 113 Å². The first-order valence-corrected chi connectivity index (χ1v) is 35.4. The Kier molecular flexibility index (Phi) is 24.3. The van der Waals surface area contributed by atoms with Gasteiger partial charge in [-0.05, 0) is 191 Å². The molecule has 2 unspecified atom stereocenters. The molecule has 6 aliphatic rings. The van der Waals surface area contributed by atoms with Crippen LogP contribution >= 0.6 is 23.2 Å². The number of unbranched alkanes of at least 4 members (excludes halogenated alkanes) is 1. The molecule has 0 saturated heterocycles. The Labute approximate surface area is 629 Å². The number of phenols is 6. The van der Waals surface area contributed by atoms with E-state index in [0.29, 0.717) is 44.3 Å². The van der Waals surface area contributed by atoms with Crippen LogP contribution in [0.5, 0.6) is 69.0 Å². The van der Waals surface area contributed by atoms with Crippen LogP contribution in [0.25, 0.3) is 11.1 Å². The van der Waals surface area contributed by atoms with Gasteiger partial charge in [0.1, 0.15) is 88.6 Å². The van der Waals surface area contributed by atoms with Gasteiger partial charge in [0.25, 0.3) is 0 Å².